The molecule has 1 aromatic heterocycles. The van der Waals surface area contributed by atoms with Crippen molar-refractivity contribution in [2.24, 2.45) is 5.16 Å². The number of hydrogen-bond donors (Lipinski definition) is 1. The van der Waals surface area contributed by atoms with Gasteiger partial charge in [-0.3, -0.25) is 0 Å². The predicted octanol–water partition coefficient (Wildman–Crippen LogP) is 2.49. The highest BCUT2D eigenvalue weighted by atomic mass is 32.1. The van der Waals surface area contributed by atoms with Crippen LogP contribution >= 0.6 is 11.3 Å². The molecule has 6 heteroatoms. The van der Waals surface area contributed by atoms with Gasteiger partial charge in [-0.1, -0.05) is 11.2 Å². The summed E-state index contributed by atoms with van der Waals surface area (Å²) in [5.41, 5.74) is 0.302. The maximum absolute atomic E-state index is 12.3. The number of aliphatic hydroxyl groups is 1. The van der Waals surface area contributed by atoms with Crippen LogP contribution in [0.2, 0.25) is 0 Å². The highest BCUT2D eigenvalue weighted by Crippen LogP contribution is 2.28. The van der Waals surface area contributed by atoms with Crippen molar-refractivity contribution in [1.82, 2.24) is 0 Å². The van der Waals surface area contributed by atoms with Crippen molar-refractivity contribution >= 4 is 23.1 Å². The zero-order valence-electron chi connectivity index (χ0n) is 8.14. The van der Waals surface area contributed by atoms with Crippen molar-refractivity contribution in [2.45, 2.75) is 18.6 Å². The van der Waals surface area contributed by atoms with E-state index in [2.05, 4.69) is 9.99 Å². The van der Waals surface area contributed by atoms with Gasteiger partial charge in [-0.25, -0.2) is 8.78 Å². The van der Waals surface area contributed by atoms with Crippen molar-refractivity contribution in [3.05, 3.63) is 28.5 Å². The maximum atomic E-state index is 12.3. The number of allylic oxidation sites excluding steroid dienone is 1. The Kier molecular flexibility index (Phi) is 3.02. The van der Waals surface area contributed by atoms with Gasteiger partial charge in [0.25, 0.3) is 0 Å². The Morgan fingerprint density at radius 1 is 1.56 bits per heavy atom. The smallest absolute Gasteiger partial charge is 0.305 e. The highest BCUT2D eigenvalue weighted by Gasteiger charge is 2.45. The van der Waals surface area contributed by atoms with Crippen LogP contribution in [0.4, 0.5) is 8.78 Å². The van der Waals surface area contributed by atoms with E-state index < -0.39 is 12.2 Å². The van der Waals surface area contributed by atoms with Gasteiger partial charge in [0, 0.05) is 4.88 Å². The third kappa shape index (κ3) is 2.28. The van der Waals surface area contributed by atoms with Crippen LogP contribution in [0, 0.1) is 0 Å². The molecular weight excluding hydrogens is 236 g/mol. The summed E-state index contributed by atoms with van der Waals surface area (Å²) in [7, 11) is 0. The van der Waals surface area contributed by atoms with Gasteiger partial charge in [0.05, 0.1) is 12.1 Å². The van der Waals surface area contributed by atoms with Crippen molar-refractivity contribution in [2.75, 3.05) is 0 Å². The summed E-state index contributed by atoms with van der Waals surface area (Å²) in [5.74, 6) is -2.46. The van der Waals surface area contributed by atoms with E-state index in [1.165, 1.54) is 11.3 Å². The Hall–Kier alpha value is -1.27. The number of oxime groups is 1. The third-order valence-corrected chi connectivity index (χ3v) is 2.92. The lowest BCUT2D eigenvalue weighted by atomic mass is 10.1. The highest BCUT2D eigenvalue weighted by molar-refractivity contribution is 7.10. The standard InChI is InChI=1S/C10H9F2NO2S/c11-9(12)10(14)6-7(13-15-10)3-4-8-2-1-5-16-8/h1-5,9,14H,6H2/b4-3-/t10-/m1/s1. The van der Waals surface area contributed by atoms with Crippen LogP contribution in [0.3, 0.4) is 0 Å². The van der Waals surface area contributed by atoms with Crippen LogP contribution in [0.25, 0.3) is 6.08 Å². The van der Waals surface area contributed by atoms with Gasteiger partial charge >= 0.3 is 12.2 Å². The van der Waals surface area contributed by atoms with Crippen molar-refractivity contribution in [1.29, 1.82) is 0 Å². The molecule has 0 saturated carbocycles. The minimum absolute atomic E-state index is 0.299. The van der Waals surface area contributed by atoms with E-state index in [0.29, 0.717) is 5.71 Å². The fraction of sp³-hybridized carbons (Fsp3) is 0.300. The Balaban J connectivity index is 1.99. The third-order valence-electron chi connectivity index (χ3n) is 2.08. The van der Waals surface area contributed by atoms with Crippen molar-refractivity contribution < 1.29 is 18.7 Å². The molecular formula is C10H9F2NO2S. The van der Waals surface area contributed by atoms with Gasteiger partial charge in [0.2, 0.25) is 0 Å². The number of halogens is 2. The van der Waals surface area contributed by atoms with Gasteiger partial charge in [-0.2, -0.15) is 0 Å². The topological polar surface area (TPSA) is 41.8 Å². The SMILES string of the molecule is O[C@]1(C(F)F)CC(/C=C\c2cccs2)=NO1. The molecule has 0 saturated heterocycles. The minimum atomic E-state index is -2.97. The molecule has 0 aromatic carbocycles. The molecule has 1 N–H and O–H groups in total. The van der Waals surface area contributed by atoms with Crippen LogP contribution in [-0.4, -0.2) is 23.0 Å². The molecule has 0 aliphatic carbocycles. The molecule has 1 aliphatic heterocycles. The van der Waals surface area contributed by atoms with Gasteiger partial charge in [-0.15, -0.1) is 11.3 Å². The minimum Gasteiger partial charge on any atom is -0.353 e. The van der Waals surface area contributed by atoms with Crippen LogP contribution < -0.4 is 0 Å². The summed E-state index contributed by atoms with van der Waals surface area (Å²) < 4.78 is 24.7. The quantitative estimate of drug-likeness (QED) is 0.888. The van der Waals surface area contributed by atoms with Crippen LogP contribution in [-0.2, 0) is 4.84 Å². The van der Waals surface area contributed by atoms with E-state index in [1.54, 1.807) is 12.2 Å². The van der Waals surface area contributed by atoms with Gasteiger partial charge in [0.1, 0.15) is 0 Å². The van der Waals surface area contributed by atoms with E-state index in [9.17, 15) is 13.9 Å². The predicted molar refractivity (Wildman–Crippen MR) is 57.4 cm³/mol. The Morgan fingerprint density at radius 3 is 2.94 bits per heavy atom. The summed E-state index contributed by atoms with van der Waals surface area (Å²) >= 11 is 1.52. The first kappa shape index (κ1) is 11.2. The lowest BCUT2D eigenvalue weighted by Crippen LogP contribution is -2.36. The number of rotatable bonds is 3. The normalized spacial score (nSPS) is 25.1. The molecule has 2 rings (SSSR count). The molecule has 2 heterocycles. The number of hydrogen-bond acceptors (Lipinski definition) is 4. The lowest BCUT2D eigenvalue weighted by molar-refractivity contribution is -0.253. The lowest BCUT2D eigenvalue weighted by Gasteiger charge is -2.17. The molecule has 1 aromatic rings. The fourth-order valence-electron chi connectivity index (χ4n) is 1.23. The van der Waals surface area contributed by atoms with E-state index in [0.717, 1.165) is 4.88 Å². The zero-order chi connectivity index (χ0) is 11.6. The molecule has 0 spiro atoms. The summed E-state index contributed by atoms with van der Waals surface area (Å²) in [6.07, 6.45) is 0.0342. The molecule has 0 bridgehead atoms. The molecule has 0 fully saturated rings. The van der Waals surface area contributed by atoms with Gasteiger partial charge in [-0.05, 0) is 23.6 Å². The average Bonchev–Trinajstić information content (AvgIpc) is 2.85. The Labute approximate surface area is 94.7 Å². The van der Waals surface area contributed by atoms with E-state index in [1.807, 2.05) is 17.5 Å². The molecule has 0 amide bonds. The summed E-state index contributed by atoms with van der Waals surface area (Å²) in [4.78, 5) is 5.31. The number of thiophene rings is 1. The van der Waals surface area contributed by atoms with Gasteiger partial charge in [0.15, 0.2) is 0 Å². The van der Waals surface area contributed by atoms with Gasteiger partial charge < -0.3 is 9.94 Å². The average molecular weight is 245 g/mol. The number of alkyl halides is 2. The fourth-order valence-corrected chi connectivity index (χ4v) is 1.85. The molecule has 0 radical (unpaired) electrons. The summed E-state index contributed by atoms with van der Waals surface area (Å²) in [5, 5.41) is 14.6. The molecule has 3 nitrogen and oxygen atoms in total. The number of nitrogens with zero attached hydrogens (tertiary/aromatic N) is 1. The molecule has 1 atom stereocenters. The monoisotopic (exact) mass is 245 g/mol. The molecule has 1 aliphatic rings. The first-order valence-corrected chi connectivity index (χ1v) is 5.45. The maximum Gasteiger partial charge on any atom is 0.305 e. The van der Waals surface area contributed by atoms with Crippen molar-refractivity contribution in [3.8, 4) is 0 Å². The zero-order valence-corrected chi connectivity index (χ0v) is 8.95. The van der Waals surface area contributed by atoms with E-state index >= 15 is 0 Å². The Morgan fingerprint density at radius 2 is 2.38 bits per heavy atom. The largest absolute Gasteiger partial charge is 0.353 e. The molecule has 0 unspecified atom stereocenters. The first-order chi connectivity index (χ1) is 7.60. The first-order valence-electron chi connectivity index (χ1n) is 4.57. The second-order valence-electron chi connectivity index (χ2n) is 3.34. The van der Waals surface area contributed by atoms with E-state index in [-0.39, 0.29) is 6.42 Å². The van der Waals surface area contributed by atoms with Crippen LogP contribution in [0.15, 0.2) is 28.7 Å². The summed E-state index contributed by atoms with van der Waals surface area (Å²) in [6.45, 7) is 0. The van der Waals surface area contributed by atoms with E-state index in [4.69, 9.17) is 0 Å². The van der Waals surface area contributed by atoms with Crippen LogP contribution in [0.1, 0.15) is 11.3 Å². The Bertz CT molecular complexity index is 416. The second-order valence-corrected chi connectivity index (χ2v) is 4.32. The van der Waals surface area contributed by atoms with Crippen molar-refractivity contribution in [3.63, 3.8) is 0 Å². The second kappa shape index (κ2) is 4.31. The molecule has 16 heavy (non-hydrogen) atoms. The summed E-state index contributed by atoms with van der Waals surface area (Å²) in [6, 6.07) is 3.77. The van der Waals surface area contributed by atoms with Crippen LogP contribution in [0.5, 0.6) is 0 Å². The molecule has 86 valence electrons.